The number of ether oxygens (including phenoxy) is 2. The van der Waals surface area contributed by atoms with Crippen molar-refractivity contribution in [2.45, 2.75) is 25.1 Å². The Bertz CT molecular complexity index is 1610. The predicted octanol–water partition coefficient (Wildman–Crippen LogP) is 5.20. The van der Waals surface area contributed by atoms with E-state index >= 15 is 0 Å². The highest BCUT2D eigenvalue weighted by Gasteiger charge is 2.36. The van der Waals surface area contributed by atoms with Gasteiger partial charge in [0.25, 0.3) is 0 Å². The van der Waals surface area contributed by atoms with Gasteiger partial charge in [-0.3, -0.25) is 10.2 Å². The number of benzene rings is 3. The lowest BCUT2D eigenvalue weighted by molar-refractivity contribution is 0.0128. The van der Waals surface area contributed by atoms with Crippen molar-refractivity contribution in [3.63, 3.8) is 0 Å². The number of rotatable bonds is 3. The van der Waals surface area contributed by atoms with E-state index in [1.807, 2.05) is 24.3 Å². The number of hydrogen-bond acceptors (Lipinski definition) is 6. The molecule has 3 aliphatic rings. The number of nitrogens with zero attached hydrogens (tertiary/aromatic N) is 4. The molecule has 1 N–H and O–H groups in total. The average Bonchev–Trinajstić information content (AvgIpc) is 3.47. The van der Waals surface area contributed by atoms with E-state index in [4.69, 9.17) is 14.5 Å². The van der Waals surface area contributed by atoms with Crippen molar-refractivity contribution in [1.29, 1.82) is 5.26 Å². The van der Waals surface area contributed by atoms with Crippen LogP contribution in [0, 0.1) is 17.3 Å². The molecule has 0 spiro atoms. The molecule has 0 unspecified atom stereocenters. The van der Waals surface area contributed by atoms with Crippen molar-refractivity contribution >= 4 is 28.6 Å². The van der Waals surface area contributed by atoms with Crippen LogP contribution in [0.5, 0.6) is 5.75 Å². The molecule has 1 aromatic heterocycles. The van der Waals surface area contributed by atoms with E-state index in [2.05, 4.69) is 45.3 Å². The number of nitrogens with one attached hydrogen (secondary N) is 1. The first-order valence-corrected chi connectivity index (χ1v) is 12.9. The van der Waals surface area contributed by atoms with Crippen molar-refractivity contribution in [3.05, 3.63) is 88.7 Å². The van der Waals surface area contributed by atoms with Gasteiger partial charge >= 0.3 is 0 Å². The van der Waals surface area contributed by atoms with Crippen LogP contribution in [0.1, 0.15) is 34.7 Å². The van der Waals surface area contributed by atoms with Crippen molar-refractivity contribution in [2.24, 2.45) is 0 Å². The summed E-state index contributed by atoms with van der Waals surface area (Å²) in [6, 6.07) is 19.6. The molecule has 4 heterocycles. The van der Waals surface area contributed by atoms with Crippen molar-refractivity contribution in [2.75, 3.05) is 31.6 Å². The normalized spacial score (nSPS) is 21.7. The number of anilines is 1. The lowest BCUT2D eigenvalue weighted by atomic mass is 9.92. The second-order valence-corrected chi connectivity index (χ2v) is 10.0. The number of halogens is 1. The second-order valence-electron chi connectivity index (χ2n) is 10.0. The molecule has 2 fully saturated rings. The number of hydrogen-bond donors (Lipinski definition) is 1. The zero-order valence-electron chi connectivity index (χ0n) is 20.7. The number of morpholine rings is 1. The largest absolute Gasteiger partial charge is 0.488 e. The maximum Gasteiger partial charge on any atom is 0.217 e. The van der Waals surface area contributed by atoms with Gasteiger partial charge in [0.15, 0.2) is 6.19 Å². The van der Waals surface area contributed by atoms with Gasteiger partial charge in [0.05, 0.1) is 30.3 Å². The van der Waals surface area contributed by atoms with Crippen LogP contribution in [0.25, 0.3) is 22.7 Å². The maximum absolute atomic E-state index is 14.1. The number of aromatic nitrogens is 2. The molecule has 0 aliphatic carbocycles. The van der Waals surface area contributed by atoms with Gasteiger partial charge in [-0.1, -0.05) is 30.3 Å². The summed E-state index contributed by atoms with van der Waals surface area (Å²) >= 11 is 0. The van der Waals surface area contributed by atoms with Gasteiger partial charge in [-0.2, -0.15) is 5.26 Å². The minimum atomic E-state index is -0.326. The Morgan fingerprint density at radius 2 is 2.00 bits per heavy atom. The Kier molecular flexibility index (Phi) is 5.61. The Hall–Kier alpha value is -4.19. The van der Waals surface area contributed by atoms with E-state index in [-0.39, 0.29) is 11.9 Å². The van der Waals surface area contributed by atoms with Gasteiger partial charge in [0.2, 0.25) is 5.95 Å². The zero-order chi connectivity index (χ0) is 25.6. The van der Waals surface area contributed by atoms with E-state index in [0.717, 1.165) is 71.6 Å². The zero-order valence-corrected chi connectivity index (χ0v) is 20.7. The lowest BCUT2D eigenvalue weighted by Gasteiger charge is -2.28. The molecular formula is C30H26FN5O2. The van der Waals surface area contributed by atoms with Crippen molar-refractivity contribution in [1.82, 2.24) is 14.5 Å². The van der Waals surface area contributed by atoms with Crippen LogP contribution in [0.15, 0.2) is 60.7 Å². The second kappa shape index (κ2) is 9.28. The summed E-state index contributed by atoms with van der Waals surface area (Å²) in [5, 5.41) is 12.2. The molecule has 2 saturated heterocycles. The fourth-order valence-electron chi connectivity index (χ4n) is 6.08. The summed E-state index contributed by atoms with van der Waals surface area (Å²) < 4.78 is 27.9. The number of fused-ring (bicyclic) bond motifs is 4. The monoisotopic (exact) mass is 507 g/mol. The van der Waals surface area contributed by atoms with Gasteiger partial charge in [-0.25, -0.2) is 9.37 Å². The van der Waals surface area contributed by atoms with Gasteiger partial charge in [-0.15, -0.1) is 0 Å². The third kappa shape index (κ3) is 3.92. The quantitative estimate of drug-likeness (QED) is 0.304. The third-order valence-corrected chi connectivity index (χ3v) is 7.82. The molecule has 7 nitrogen and oxygen atoms in total. The van der Waals surface area contributed by atoms with Crippen LogP contribution in [-0.4, -0.2) is 46.8 Å². The first kappa shape index (κ1) is 23.0. The van der Waals surface area contributed by atoms with Gasteiger partial charge in [0.1, 0.15) is 18.2 Å². The SMILES string of the molecule is N#CNc1nc2cc(/C=C3\c4ccccc4COc4cc(F)ccc43)ccc2n1[C@@H]1C[C@H]2COCCN2C1. The van der Waals surface area contributed by atoms with Crippen LogP contribution in [0.2, 0.25) is 0 Å². The van der Waals surface area contributed by atoms with Crippen LogP contribution in [0.3, 0.4) is 0 Å². The summed E-state index contributed by atoms with van der Waals surface area (Å²) in [6.45, 7) is 3.73. The predicted molar refractivity (Wildman–Crippen MR) is 143 cm³/mol. The van der Waals surface area contributed by atoms with Crippen LogP contribution < -0.4 is 10.1 Å². The topological polar surface area (TPSA) is 75.3 Å². The molecule has 3 aliphatic heterocycles. The Morgan fingerprint density at radius 3 is 2.89 bits per heavy atom. The fourth-order valence-corrected chi connectivity index (χ4v) is 6.08. The molecule has 0 saturated carbocycles. The highest BCUT2D eigenvalue weighted by molar-refractivity contribution is 5.96. The summed E-state index contributed by atoms with van der Waals surface area (Å²) in [5.41, 5.74) is 6.68. The standard InChI is InChI=1S/C30H26FN5O2/c31-21-6-7-25-26(24-4-2-1-3-20(24)16-38-29(25)13-21)11-19-5-8-28-27(12-19)34-30(33-18-32)36(28)22-14-23-17-37-10-9-35(23)15-22/h1-8,11-13,22-23H,9-10,14-17H2,(H,33,34)/b26-11+/t22-,23+/m1/s1. The molecule has 0 radical (unpaired) electrons. The third-order valence-electron chi connectivity index (χ3n) is 7.82. The first-order chi connectivity index (χ1) is 18.7. The highest BCUT2D eigenvalue weighted by Crippen LogP contribution is 2.39. The number of nitriles is 1. The highest BCUT2D eigenvalue weighted by atomic mass is 19.1. The summed E-state index contributed by atoms with van der Waals surface area (Å²) in [5.74, 6) is 0.764. The molecule has 3 aromatic carbocycles. The first-order valence-electron chi connectivity index (χ1n) is 12.9. The smallest absolute Gasteiger partial charge is 0.217 e. The van der Waals surface area contributed by atoms with E-state index < -0.39 is 0 Å². The van der Waals surface area contributed by atoms with Crippen LogP contribution >= 0.6 is 0 Å². The van der Waals surface area contributed by atoms with Gasteiger partial charge in [-0.05, 0) is 59.0 Å². The molecule has 4 aromatic rings. The molecule has 0 bridgehead atoms. The average molecular weight is 508 g/mol. The minimum Gasteiger partial charge on any atom is -0.488 e. The van der Waals surface area contributed by atoms with Gasteiger partial charge < -0.3 is 14.0 Å². The van der Waals surface area contributed by atoms with E-state index in [9.17, 15) is 9.65 Å². The van der Waals surface area contributed by atoms with Crippen molar-refractivity contribution in [3.8, 4) is 11.9 Å². The molecular weight excluding hydrogens is 481 g/mol. The molecule has 38 heavy (non-hydrogen) atoms. The van der Waals surface area contributed by atoms with Gasteiger partial charge in [0, 0.05) is 30.8 Å². The maximum atomic E-state index is 14.1. The molecule has 0 amide bonds. The number of imidazole rings is 1. The van der Waals surface area contributed by atoms with Crippen LogP contribution in [-0.2, 0) is 11.3 Å². The summed E-state index contributed by atoms with van der Waals surface area (Å²) in [6.07, 6.45) is 5.12. The van der Waals surface area contributed by atoms with Crippen molar-refractivity contribution < 1.29 is 13.9 Å². The summed E-state index contributed by atoms with van der Waals surface area (Å²) in [7, 11) is 0. The van der Waals surface area contributed by atoms with E-state index in [1.54, 1.807) is 6.07 Å². The Labute approximate surface area is 219 Å². The summed E-state index contributed by atoms with van der Waals surface area (Å²) in [4.78, 5) is 7.29. The molecule has 2 atom stereocenters. The molecule has 8 heteroatoms. The molecule has 190 valence electrons. The minimum absolute atomic E-state index is 0.208. The molecule has 7 rings (SSSR count). The fraction of sp³-hybridized carbons (Fsp3) is 0.267. The van der Waals surface area contributed by atoms with E-state index in [1.165, 1.54) is 12.1 Å². The van der Waals surface area contributed by atoms with Crippen LogP contribution in [0.4, 0.5) is 10.3 Å². The Morgan fingerprint density at radius 1 is 1.08 bits per heavy atom. The lowest BCUT2D eigenvalue weighted by Crippen LogP contribution is -2.40. The van der Waals surface area contributed by atoms with E-state index in [0.29, 0.717) is 24.3 Å². The Balaban J connectivity index is 1.33.